The van der Waals surface area contributed by atoms with Gasteiger partial charge in [-0.25, -0.2) is 0 Å². The summed E-state index contributed by atoms with van der Waals surface area (Å²) >= 11 is 0. The molecule has 2 fully saturated rings. The molecule has 144 valence electrons. The molecule has 7 heteroatoms. The molecule has 2 N–H and O–H groups in total. The van der Waals surface area contributed by atoms with Crippen LogP contribution in [0.2, 0.25) is 0 Å². The number of guanidine groups is 1. The van der Waals surface area contributed by atoms with E-state index in [1.165, 1.54) is 0 Å². The molecule has 0 aliphatic carbocycles. The molecule has 0 spiro atoms. The SMILES string of the molecule is CN=C(NCCCN1CCCC1C(=O)N(C)C)NCC1(C)CCCO1. The van der Waals surface area contributed by atoms with Gasteiger partial charge in [-0.15, -0.1) is 0 Å². The van der Waals surface area contributed by atoms with Gasteiger partial charge in [0.15, 0.2) is 5.96 Å². The highest BCUT2D eigenvalue weighted by Gasteiger charge is 2.31. The van der Waals surface area contributed by atoms with Crippen molar-refractivity contribution in [2.75, 3.05) is 53.9 Å². The van der Waals surface area contributed by atoms with Gasteiger partial charge in [-0.05, 0) is 45.6 Å². The van der Waals surface area contributed by atoms with E-state index in [1.54, 1.807) is 11.9 Å². The predicted octanol–water partition coefficient (Wildman–Crippen LogP) is 0.663. The minimum atomic E-state index is -0.0765. The van der Waals surface area contributed by atoms with Crippen LogP contribution in [0.5, 0.6) is 0 Å². The Bertz CT molecular complexity index is 460. The summed E-state index contributed by atoms with van der Waals surface area (Å²) in [5.74, 6) is 1.05. The Morgan fingerprint density at radius 1 is 1.36 bits per heavy atom. The molecule has 2 rings (SSSR count). The van der Waals surface area contributed by atoms with Crippen molar-refractivity contribution in [3.05, 3.63) is 0 Å². The van der Waals surface area contributed by atoms with Crippen molar-refractivity contribution in [2.45, 2.75) is 50.7 Å². The zero-order valence-electron chi connectivity index (χ0n) is 16.3. The third kappa shape index (κ3) is 5.85. The predicted molar refractivity (Wildman–Crippen MR) is 101 cm³/mol. The van der Waals surface area contributed by atoms with Gasteiger partial charge in [-0.2, -0.15) is 0 Å². The molecule has 1 amide bonds. The average Bonchev–Trinajstić information content (AvgIpc) is 3.23. The van der Waals surface area contributed by atoms with Gasteiger partial charge in [0.25, 0.3) is 0 Å². The Morgan fingerprint density at radius 3 is 2.80 bits per heavy atom. The number of likely N-dealkylation sites (N-methyl/N-ethyl adjacent to an activating group) is 1. The van der Waals surface area contributed by atoms with Crippen molar-refractivity contribution in [1.82, 2.24) is 20.4 Å². The number of carbonyl (C=O) groups is 1. The molecule has 2 saturated heterocycles. The normalized spacial score (nSPS) is 27.5. The van der Waals surface area contributed by atoms with Gasteiger partial charge in [-0.1, -0.05) is 0 Å². The number of hydrogen-bond donors (Lipinski definition) is 2. The average molecular weight is 354 g/mol. The number of carbonyl (C=O) groups excluding carboxylic acids is 1. The summed E-state index contributed by atoms with van der Waals surface area (Å²) in [6, 6.07) is 0.0619. The molecule has 0 saturated carbocycles. The molecule has 2 unspecified atom stereocenters. The van der Waals surface area contributed by atoms with Crippen molar-refractivity contribution in [1.29, 1.82) is 0 Å². The summed E-state index contributed by atoms with van der Waals surface area (Å²) in [6.07, 6.45) is 5.30. The number of amides is 1. The van der Waals surface area contributed by atoms with Crippen LogP contribution >= 0.6 is 0 Å². The van der Waals surface area contributed by atoms with E-state index in [0.717, 1.165) is 70.8 Å². The van der Waals surface area contributed by atoms with Gasteiger partial charge >= 0.3 is 0 Å². The monoisotopic (exact) mass is 353 g/mol. The van der Waals surface area contributed by atoms with E-state index in [4.69, 9.17) is 4.74 Å². The van der Waals surface area contributed by atoms with Crippen LogP contribution in [-0.2, 0) is 9.53 Å². The van der Waals surface area contributed by atoms with Gasteiger partial charge in [0.1, 0.15) is 0 Å². The topological polar surface area (TPSA) is 69.2 Å². The van der Waals surface area contributed by atoms with Gasteiger partial charge < -0.3 is 20.3 Å². The van der Waals surface area contributed by atoms with Gasteiger partial charge in [0.2, 0.25) is 5.91 Å². The summed E-state index contributed by atoms with van der Waals surface area (Å²) in [4.78, 5) is 20.5. The maximum absolute atomic E-state index is 12.2. The lowest BCUT2D eigenvalue weighted by Crippen LogP contribution is -2.46. The van der Waals surface area contributed by atoms with E-state index in [0.29, 0.717) is 0 Å². The van der Waals surface area contributed by atoms with Crippen LogP contribution in [0.1, 0.15) is 39.0 Å². The summed E-state index contributed by atoms with van der Waals surface area (Å²) in [7, 11) is 5.47. The first kappa shape index (κ1) is 20.0. The molecular weight excluding hydrogens is 318 g/mol. The number of aliphatic imine (C=N–C) groups is 1. The Balaban J connectivity index is 1.66. The summed E-state index contributed by atoms with van der Waals surface area (Å²) < 4.78 is 5.79. The lowest BCUT2D eigenvalue weighted by atomic mass is 10.0. The fraction of sp³-hybridized carbons (Fsp3) is 0.889. The molecule has 2 aliphatic rings. The number of hydrogen-bond acceptors (Lipinski definition) is 4. The van der Waals surface area contributed by atoms with Crippen molar-refractivity contribution in [2.24, 2.45) is 4.99 Å². The van der Waals surface area contributed by atoms with Crippen molar-refractivity contribution in [3.63, 3.8) is 0 Å². The number of nitrogens with zero attached hydrogens (tertiary/aromatic N) is 3. The zero-order valence-corrected chi connectivity index (χ0v) is 16.3. The van der Waals surface area contributed by atoms with Crippen LogP contribution < -0.4 is 10.6 Å². The largest absolute Gasteiger partial charge is 0.373 e. The van der Waals surface area contributed by atoms with E-state index in [1.807, 2.05) is 14.1 Å². The molecule has 25 heavy (non-hydrogen) atoms. The highest BCUT2D eigenvalue weighted by atomic mass is 16.5. The molecule has 0 bridgehead atoms. The van der Waals surface area contributed by atoms with E-state index in [2.05, 4.69) is 27.4 Å². The second-order valence-corrected chi connectivity index (χ2v) is 7.53. The minimum absolute atomic E-state index is 0.0619. The summed E-state index contributed by atoms with van der Waals surface area (Å²) in [5, 5.41) is 6.72. The van der Waals surface area contributed by atoms with Crippen molar-refractivity contribution < 1.29 is 9.53 Å². The first-order valence-electron chi connectivity index (χ1n) is 9.49. The zero-order chi connectivity index (χ0) is 18.3. The van der Waals surface area contributed by atoms with E-state index >= 15 is 0 Å². The van der Waals surface area contributed by atoms with E-state index in [9.17, 15) is 4.79 Å². The van der Waals surface area contributed by atoms with Gasteiger partial charge in [0, 0.05) is 47.4 Å². The van der Waals surface area contributed by atoms with Crippen LogP contribution in [0.15, 0.2) is 4.99 Å². The van der Waals surface area contributed by atoms with Crippen LogP contribution in [0.3, 0.4) is 0 Å². The number of likely N-dealkylation sites (tertiary alicyclic amines) is 1. The first-order valence-corrected chi connectivity index (χ1v) is 9.49. The van der Waals surface area contributed by atoms with Crippen LogP contribution in [0.4, 0.5) is 0 Å². The quantitative estimate of drug-likeness (QED) is 0.400. The minimum Gasteiger partial charge on any atom is -0.373 e. The number of rotatable bonds is 7. The second kappa shape index (κ2) is 9.38. The molecular formula is C18H35N5O2. The molecule has 2 atom stereocenters. The fourth-order valence-electron chi connectivity index (χ4n) is 3.63. The molecule has 0 aromatic rings. The highest BCUT2D eigenvalue weighted by molar-refractivity contribution is 5.81. The fourth-order valence-corrected chi connectivity index (χ4v) is 3.63. The lowest BCUT2D eigenvalue weighted by molar-refractivity contribution is -0.133. The van der Waals surface area contributed by atoms with Crippen molar-refractivity contribution in [3.8, 4) is 0 Å². The molecule has 0 radical (unpaired) electrons. The van der Waals surface area contributed by atoms with E-state index < -0.39 is 0 Å². The molecule has 0 aromatic heterocycles. The smallest absolute Gasteiger partial charge is 0.239 e. The molecule has 2 aliphatic heterocycles. The van der Waals surface area contributed by atoms with Crippen molar-refractivity contribution >= 4 is 11.9 Å². The maximum atomic E-state index is 12.2. The third-order valence-corrected chi connectivity index (χ3v) is 5.16. The number of ether oxygens (including phenoxy) is 1. The van der Waals surface area contributed by atoms with Crippen LogP contribution in [0.25, 0.3) is 0 Å². The van der Waals surface area contributed by atoms with Gasteiger partial charge in [0.05, 0.1) is 11.6 Å². The van der Waals surface area contributed by atoms with Crippen LogP contribution in [0, 0.1) is 0 Å². The highest BCUT2D eigenvalue weighted by Crippen LogP contribution is 2.23. The Morgan fingerprint density at radius 2 is 2.16 bits per heavy atom. The first-order chi connectivity index (χ1) is 11.9. The molecule has 2 heterocycles. The molecule has 0 aromatic carbocycles. The standard InChI is InChI=1S/C18H35N5O2/c1-18(9-6-13-25-18)14-21-17(19-2)20-10-7-12-23-11-5-8-15(23)16(24)22(3)4/h15H,5-14H2,1-4H3,(H2,19,20,21). The van der Waals surface area contributed by atoms with Gasteiger partial charge in [-0.3, -0.25) is 14.7 Å². The Hall–Kier alpha value is -1.34. The lowest BCUT2D eigenvalue weighted by Gasteiger charge is -2.26. The Labute approximate surface area is 152 Å². The summed E-state index contributed by atoms with van der Waals surface area (Å²) in [6.45, 7) is 6.58. The maximum Gasteiger partial charge on any atom is 0.239 e. The Kier molecular flexibility index (Phi) is 7.50. The third-order valence-electron chi connectivity index (χ3n) is 5.16. The van der Waals surface area contributed by atoms with E-state index in [-0.39, 0.29) is 17.6 Å². The van der Waals surface area contributed by atoms with Crippen LogP contribution in [-0.4, -0.2) is 87.2 Å². The number of nitrogens with one attached hydrogen (secondary N) is 2. The second-order valence-electron chi connectivity index (χ2n) is 7.53. The molecule has 7 nitrogen and oxygen atoms in total. The summed E-state index contributed by atoms with van der Waals surface area (Å²) in [5.41, 5.74) is -0.0765.